The first-order valence-electron chi connectivity index (χ1n) is 10.9. The van der Waals surface area contributed by atoms with Crippen LogP contribution in [0.2, 0.25) is 0 Å². The topological polar surface area (TPSA) is 69.0 Å². The van der Waals surface area contributed by atoms with Crippen LogP contribution < -0.4 is 19.8 Å². The number of rotatable bonds is 4. The van der Waals surface area contributed by atoms with Gasteiger partial charge in [-0.15, -0.1) is 0 Å². The molecule has 0 saturated heterocycles. The third-order valence-electron chi connectivity index (χ3n) is 6.20. The largest absolute Gasteiger partial charge is 0.493 e. The summed E-state index contributed by atoms with van der Waals surface area (Å²) in [6.07, 6.45) is -4.62. The lowest BCUT2D eigenvalue weighted by molar-refractivity contribution is -0.137. The zero-order chi connectivity index (χ0) is 25.8. The minimum absolute atomic E-state index is 0.0272. The lowest BCUT2D eigenvalue weighted by Crippen LogP contribution is -2.29. The van der Waals surface area contributed by atoms with Crippen LogP contribution in [0.25, 0.3) is 11.0 Å². The maximum absolute atomic E-state index is 13.7. The van der Waals surface area contributed by atoms with E-state index >= 15 is 0 Å². The van der Waals surface area contributed by atoms with Crippen molar-refractivity contribution >= 4 is 22.6 Å². The number of methoxy groups -OCH3 is 2. The zero-order valence-corrected chi connectivity index (χ0v) is 19.5. The molecule has 0 spiro atoms. The van der Waals surface area contributed by atoms with Crippen LogP contribution in [0.1, 0.15) is 38.9 Å². The van der Waals surface area contributed by atoms with Gasteiger partial charge in [0.05, 0.1) is 36.8 Å². The van der Waals surface area contributed by atoms with E-state index in [-0.39, 0.29) is 28.0 Å². The van der Waals surface area contributed by atoms with Crippen LogP contribution in [-0.4, -0.2) is 20.1 Å². The molecule has 1 amide bonds. The Kier molecular flexibility index (Phi) is 5.50. The molecule has 0 fully saturated rings. The summed E-state index contributed by atoms with van der Waals surface area (Å²) in [6.45, 7) is 1.82. The maximum atomic E-state index is 13.7. The van der Waals surface area contributed by atoms with E-state index in [1.807, 2.05) is 6.92 Å². The van der Waals surface area contributed by atoms with Crippen molar-refractivity contribution < 1.29 is 31.9 Å². The minimum atomic E-state index is -4.62. The van der Waals surface area contributed by atoms with Crippen LogP contribution in [0.5, 0.6) is 11.5 Å². The molecular formula is C27H20F3NO5. The number of alkyl halides is 3. The summed E-state index contributed by atoms with van der Waals surface area (Å²) in [4.78, 5) is 28.5. The lowest BCUT2D eigenvalue weighted by atomic mass is 9.97. The number of halogens is 3. The zero-order valence-electron chi connectivity index (χ0n) is 19.5. The molecule has 36 heavy (non-hydrogen) atoms. The smallest absolute Gasteiger partial charge is 0.416 e. The molecule has 0 bridgehead atoms. The molecule has 1 atom stereocenters. The number of hydrogen-bond donors (Lipinski definition) is 0. The predicted octanol–water partition coefficient (Wildman–Crippen LogP) is 5.89. The van der Waals surface area contributed by atoms with Gasteiger partial charge in [-0.05, 0) is 55.0 Å². The molecule has 184 valence electrons. The normalized spacial score (nSPS) is 15.3. The Hall–Kier alpha value is -4.27. The van der Waals surface area contributed by atoms with Gasteiger partial charge in [0.25, 0.3) is 5.91 Å². The van der Waals surface area contributed by atoms with Crippen molar-refractivity contribution in [3.05, 3.63) is 98.9 Å². The molecule has 4 aromatic rings. The summed E-state index contributed by atoms with van der Waals surface area (Å²) in [6, 6.07) is 13.2. The van der Waals surface area contributed by atoms with Crippen LogP contribution in [-0.2, 0) is 6.18 Å². The SMILES string of the molecule is COc1ccc(C2c3c(oc4ccc(C)cc4c3=O)C(=O)N2c2cccc(C(F)(F)F)c2)cc1OC. The molecule has 3 aromatic carbocycles. The number of anilines is 1. The Morgan fingerprint density at radius 1 is 0.917 bits per heavy atom. The summed E-state index contributed by atoms with van der Waals surface area (Å²) in [7, 11) is 2.90. The third-order valence-corrected chi connectivity index (χ3v) is 6.20. The van der Waals surface area contributed by atoms with Gasteiger partial charge in [0.15, 0.2) is 16.9 Å². The van der Waals surface area contributed by atoms with E-state index in [9.17, 15) is 22.8 Å². The van der Waals surface area contributed by atoms with Crippen molar-refractivity contribution in [1.82, 2.24) is 0 Å². The summed E-state index contributed by atoms with van der Waals surface area (Å²) >= 11 is 0. The molecule has 1 aliphatic heterocycles. The van der Waals surface area contributed by atoms with Gasteiger partial charge >= 0.3 is 6.18 Å². The number of amides is 1. The Balaban J connectivity index is 1.80. The fraction of sp³-hybridized carbons (Fsp3) is 0.185. The fourth-order valence-electron chi connectivity index (χ4n) is 4.52. The molecule has 0 aliphatic carbocycles. The van der Waals surface area contributed by atoms with Crippen molar-refractivity contribution in [1.29, 1.82) is 0 Å². The second kappa shape index (κ2) is 8.44. The van der Waals surface area contributed by atoms with Crippen molar-refractivity contribution in [2.75, 3.05) is 19.1 Å². The standard InChI is InChI=1S/C27H20F3NO5/c1-14-7-9-19-18(11-14)24(32)22-23(15-8-10-20(34-2)21(12-15)35-3)31(26(33)25(22)36-19)17-6-4-5-16(13-17)27(28,29)30/h4-13,23H,1-3H3. The second-order valence-corrected chi connectivity index (χ2v) is 8.41. The van der Waals surface area contributed by atoms with Gasteiger partial charge < -0.3 is 13.9 Å². The molecule has 0 N–H and O–H groups in total. The molecule has 2 heterocycles. The third kappa shape index (κ3) is 3.67. The highest BCUT2D eigenvalue weighted by atomic mass is 19.4. The highest BCUT2D eigenvalue weighted by Crippen LogP contribution is 2.44. The van der Waals surface area contributed by atoms with E-state index in [1.54, 1.807) is 36.4 Å². The highest BCUT2D eigenvalue weighted by molar-refractivity contribution is 6.10. The molecule has 0 radical (unpaired) electrons. The first-order valence-corrected chi connectivity index (χ1v) is 10.9. The monoisotopic (exact) mass is 495 g/mol. The molecule has 1 aliphatic rings. The number of aryl methyl sites for hydroxylation is 1. The van der Waals surface area contributed by atoms with Gasteiger partial charge in [0.1, 0.15) is 5.58 Å². The number of fused-ring (bicyclic) bond motifs is 2. The average Bonchev–Trinajstić information content (AvgIpc) is 3.16. The quantitative estimate of drug-likeness (QED) is 0.353. The first kappa shape index (κ1) is 23.5. The van der Waals surface area contributed by atoms with Crippen molar-refractivity contribution in [2.45, 2.75) is 19.1 Å². The van der Waals surface area contributed by atoms with Crippen LogP contribution >= 0.6 is 0 Å². The van der Waals surface area contributed by atoms with Gasteiger partial charge in [0.2, 0.25) is 5.76 Å². The molecule has 6 nitrogen and oxygen atoms in total. The number of carbonyl (C=O) groups is 1. The van der Waals surface area contributed by atoms with Crippen molar-refractivity contribution in [2.24, 2.45) is 0 Å². The van der Waals surface area contributed by atoms with Crippen LogP contribution in [0.15, 0.2) is 69.9 Å². The number of benzene rings is 3. The molecule has 1 unspecified atom stereocenters. The van der Waals surface area contributed by atoms with Crippen LogP contribution in [0, 0.1) is 6.92 Å². The fourth-order valence-corrected chi connectivity index (χ4v) is 4.52. The van der Waals surface area contributed by atoms with E-state index in [4.69, 9.17) is 13.9 Å². The minimum Gasteiger partial charge on any atom is -0.493 e. The number of carbonyl (C=O) groups excluding carboxylic acids is 1. The Morgan fingerprint density at radius 2 is 1.67 bits per heavy atom. The highest BCUT2D eigenvalue weighted by Gasteiger charge is 2.44. The van der Waals surface area contributed by atoms with E-state index < -0.39 is 29.1 Å². The molecule has 9 heteroatoms. The lowest BCUT2D eigenvalue weighted by Gasteiger charge is -2.26. The summed E-state index contributed by atoms with van der Waals surface area (Å²) < 4.78 is 57.1. The molecule has 1 aromatic heterocycles. The molecule has 5 rings (SSSR count). The van der Waals surface area contributed by atoms with Gasteiger partial charge in [0, 0.05) is 5.69 Å². The molecule has 0 saturated carbocycles. The average molecular weight is 495 g/mol. The van der Waals surface area contributed by atoms with Crippen molar-refractivity contribution in [3.8, 4) is 11.5 Å². The Morgan fingerprint density at radius 3 is 2.36 bits per heavy atom. The van der Waals surface area contributed by atoms with Crippen LogP contribution in [0.4, 0.5) is 18.9 Å². The van der Waals surface area contributed by atoms with Gasteiger partial charge in [-0.2, -0.15) is 13.2 Å². The van der Waals surface area contributed by atoms with Gasteiger partial charge in [-0.25, -0.2) is 0 Å². The number of hydrogen-bond acceptors (Lipinski definition) is 5. The predicted molar refractivity (Wildman–Crippen MR) is 127 cm³/mol. The van der Waals surface area contributed by atoms with E-state index in [0.29, 0.717) is 17.1 Å². The summed E-state index contributed by atoms with van der Waals surface area (Å²) in [5, 5.41) is 0.276. The maximum Gasteiger partial charge on any atom is 0.416 e. The van der Waals surface area contributed by atoms with Gasteiger partial charge in [-0.1, -0.05) is 23.8 Å². The molecular weight excluding hydrogens is 475 g/mol. The van der Waals surface area contributed by atoms with E-state index in [1.165, 1.54) is 26.4 Å². The number of ether oxygens (including phenoxy) is 2. The van der Waals surface area contributed by atoms with Crippen molar-refractivity contribution in [3.63, 3.8) is 0 Å². The Bertz CT molecular complexity index is 1570. The first-order chi connectivity index (χ1) is 17.1. The number of nitrogens with zero attached hydrogens (tertiary/aromatic N) is 1. The summed E-state index contributed by atoms with van der Waals surface area (Å²) in [5.41, 5.74) is 0.137. The Labute approximate surface area is 203 Å². The summed E-state index contributed by atoms with van der Waals surface area (Å²) in [5.74, 6) is -0.185. The van der Waals surface area contributed by atoms with E-state index in [2.05, 4.69) is 0 Å². The van der Waals surface area contributed by atoms with Gasteiger partial charge in [-0.3, -0.25) is 14.5 Å². The second-order valence-electron chi connectivity index (χ2n) is 8.41. The van der Waals surface area contributed by atoms with Crippen LogP contribution in [0.3, 0.4) is 0 Å². The van der Waals surface area contributed by atoms with E-state index in [0.717, 1.165) is 22.6 Å².